The summed E-state index contributed by atoms with van der Waals surface area (Å²) in [5.74, 6) is 0.565. The Labute approximate surface area is 109 Å². The fourth-order valence-corrected chi connectivity index (χ4v) is 2.43. The minimum absolute atomic E-state index is 0.432. The molecule has 3 rings (SSSR count). The van der Waals surface area contributed by atoms with Crippen molar-refractivity contribution in [2.75, 3.05) is 0 Å². The molecule has 3 aromatic rings. The second-order valence-corrected chi connectivity index (χ2v) is 5.82. The first-order chi connectivity index (χ1) is 8.74. The predicted molar refractivity (Wildman–Crippen MR) is 72.6 cm³/mol. The quantitative estimate of drug-likeness (QED) is 0.728. The van der Waals surface area contributed by atoms with E-state index in [1.807, 2.05) is 30.5 Å². The van der Waals surface area contributed by atoms with Crippen LogP contribution in [0.1, 0.15) is 13.8 Å². The topological polar surface area (TPSA) is 54.7 Å². The lowest BCUT2D eigenvalue weighted by Crippen LogP contribution is -1.84. The average Bonchev–Trinajstić information content (AvgIpc) is 2.94. The molecule has 18 heavy (non-hydrogen) atoms. The fraction of sp³-hybridized carbons (Fsp3) is 0.231. The van der Waals surface area contributed by atoms with Gasteiger partial charge >= 0.3 is 0 Å². The summed E-state index contributed by atoms with van der Waals surface area (Å²) in [4.78, 5) is 3.20. The number of fused-ring (bicyclic) bond motifs is 1. The van der Waals surface area contributed by atoms with Gasteiger partial charge in [0.25, 0.3) is 11.1 Å². The van der Waals surface area contributed by atoms with Gasteiger partial charge in [-0.15, -0.1) is 10.2 Å². The summed E-state index contributed by atoms with van der Waals surface area (Å²) in [5.41, 5.74) is 2.03. The summed E-state index contributed by atoms with van der Waals surface area (Å²) in [7, 11) is 0. The smallest absolute Gasteiger partial charge is 0.277 e. The normalized spacial score (nSPS) is 11.5. The molecule has 0 atom stereocenters. The Balaban J connectivity index is 2.01. The van der Waals surface area contributed by atoms with Gasteiger partial charge in [0.05, 0.1) is 5.56 Å². The van der Waals surface area contributed by atoms with Crippen LogP contribution in [-0.2, 0) is 0 Å². The molecule has 4 nitrogen and oxygen atoms in total. The number of aromatic amines is 1. The summed E-state index contributed by atoms with van der Waals surface area (Å²) in [6, 6.07) is 8.07. The van der Waals surface area contributed by atoms with Gasteiger partial charge in [-0.1, -0.05) is 43.8 Å². The maximum atomic E-state index is 5.67. The Morgan fingerprint density at radius 2 is 2.06 bits per heavy atom. The van der Waals surface area contributed by atoms with E-state index in [1.165, 1.54) is 0 Å². The van der Waals surface area contributed by atoms with Crippen LogP contribution in [0.25, 0.3) is 22.4 Å². The Hall–Kier alpha value is -1.75. The third-order valence-electron chi connectivity index (χ3n) is 2.56. The Bertz CT molecular complexity index is 671. The van der Waals surface area contributed by atoms with E-state index >= 15 is 0 Å². The third-order valence-corrected chi connectivity index (χ3v) is 3.40. The van der Waals surface area contributed by atoms with Crippen LogP contribution in [-0.4, -0.2) is 20.4 Å². The molecule has 2 aromatic heterocycles. The molecule has 0 spiro atoms. The number of rotatable bonds is 3. The number of para-hydroxylation sites is 1. The minimum Gasteiger partial charge on any atom is -0.411 e. The molecule has 0 amide bonds. The van der Waals surface area contributed by atoms with Gasteiger partial charge in [-0.25, -0.2) is 0 Å². The van der Waals surface area contributed by atoms with Gasteiger partial charge in [-0.3, -0.25) is 0 Å². The summed E-state index contributed by atoms with van der Waals surface area (Å²) < 4.78 is 5.67. The highest BCUT2D eigenvalue weighted by Crippen LogP contribution is 2.30. The standard InChI is InChI=1S/C13H13N3OS/c1-8(2)18-13-16-15-12(17-13)10-7-14-11-6-4-3-5-9(10)11/h3-8,14H,1-2H3. The Morgan fingerprint density at radius 1 is 1.22 bits per heavy atom. The van der Waals surface area contributed by atoms with Gasteiger partial charge in [0.15, 0.2) is 0 Å². The van der Waals surface area contributed by atoms with Gasteiger partial charge in [-0.2, -0.15) is 0 Å². The number of aromatic nitrogens is 3. The molecule has 2 heterocycles. The fourth-order valence-electron chi connectivity index (χ4n) is 1.82. The van der Waals surface area contributed by atoms with Crippen molar-refractivity contribution in [1.29, 1.82) is 0 Å². The first-order valence-corrected chi connectivity index (χ1v) is 6.68. The van der Waals surface area contributed by atoms with Crippen molar-refractivity contribution in [1.82, 2.24) is 15.2 Å². The largest absolute Gasteiger partial charge is 0.411 e. The molecule has 0 unspecified atom stereocenters. The lowest BCUT2D eigenvalue weighted by molar-refractivity contribution is 0.465. The molecule has 92 valence electrons. The zero-order valence-electron chi connectivity index (χ0n) is 10.2. The minimum atomic E-state index is 0.432. The van der Waals surface area contributed by atoms with Gasteiger partial charge in [-0.05, 0) is 6.07 Å². The molecular weight excluding hydrogens is 246 g/mol. The Kier molecular flexibility index (Phi) is 2.83. The van der Waals surface area contributed by atoms with E-state index in [1.54, 1.807) is 11.8 Å². The van der Waals surface area contributed by atoms with Crippen molar-refractivity contribution in [3.8, 4) is 11.5 Å². The average molecular weight is 259 g/mol. The molecule has 0 bridgehead atoms. The van der Waals surface area contributed by atoms with Crippen molar-refractivity contribution in [2.24, 2.45) is 0 Å². The van der Waals surface area contributed by atoms with Crippen LogP contribution in [0.3, 0.4) is 0 Å². The molecule has 0 saturated heterocycles. The summed E-state index contributed by atoms with van der Waals surface area (Å²) in [6.45, 7) is 4.19. The lowest BCUT2D eigenvalue weighted by atomic mass is 10.2. The lowest BCUT2D eigenvalue weighted by Gasteiger charge is -1.96. The van der Waals surface area contributed by atoms with E-state index in [4.69, 9.17) is 4.42 Å². The maximum Gasteiger partial charge on any atom is 0.277 e. The van der Waals surface area contributed by atoms with E-state index in [0.717, 1.165) is 16.5 Å². The highest BCUT2D eigenvalue weighted by atomic mass is 32.2. The van der Waals surface area contributed by atoms with Crippen molar-refractivity contribution < 1.29 is 4.42 Å². The van der Waals surface area contributed by atoms with E-state index in [2.05, 4.69) is 29.0 Å². The number of thioether (sulfide) groups is 1. The zero-order valence-corrected chi connectivity index (χ0v) is 11.0. The number of nitrogens with zero attached hydrogens (tertiary/aromatic N) is 2. The number of nitrogens with one attached hydrogen (secondary N) is 1. The van der Waals surface area contributed by atoms with Crippen LogP contribution in [0.15, 0.2) is 40.1 Å². The van der Waals surface area contributed by atoms with Gasteiger partial charge in [0, 0.05) is 22.3 Å². The highest BCUT2D eigenvalue weighted by Gasteiger charge is 2.13. The molecule has 0 fully saturated rings. The zero-order chi connectivity index (χ0) is 12.5. The van der Waals surface area contributed by atoms with Gasteiger partial charge < -0.3 is 9.40 Å². The van der Waals surface area contributed by atoms with Crippen molar-refractivity contribution in [3.05, 3.63) is 30.5 Å². The van der Waals surface area contributed by atoms with Crippen LogP contribution in [0.5, 0.6) is 0 Å². The van der Waals surface area contributed by atoms with Crippen LogP contribution >= 0.6 is 11.8 Å². The molecule has 5 heteroatoms. The predicted octanol–water partition coefficient (Wildman–Crippen LogP) is 3.72. The summed E-state index contributed by atoms with van der Waals surface area (Å²) >= 11 is 1.57. The van der Waals surface area contributed by atoms with Crippen LogP contribution in [0.4, 0.5) is 0 Å². The number of benzene rings is 1. The van der Waals surface area contributed by atoms with E-state index < -0.39 is 0 Å². The second kappa shape index (κ2) is 4.49. The van der Waals surface area contributed by atoms with Gasteiger partial charge in [0.1, 0.15) is 0 Å². The van der Waals surface area contributed by atoms with E-state index in [-0.39, 0.29) is 0 Å². The first-order valence-electron chi connectivity index (χ1n) is 5.80. The van der Waals surface area contributed by atoms with Crippen LogP contribution < -0.4 is 0 Å². The van der Waals surface area contributed by atoms with Crippen LogP contribution in [0.2, 0.25) is 0 Å². The Morgan fingerprint density at radius 3 is 2.89 bits per heavy atom. The molecule has 0 aliphatic heterocycles. The van der Waals surface area contributed by atoms with Crippen LogP contribution in [0, 0.1) is 0 Å². The molecule has 0 radical (unpaired) electrons. The van der Waals surface area contributed by atoms with Gasteiger partial charge in [0.2, 0.25) is 0 Å². The third kappa shape index (κ3) is 2.01. The second-order valence-electron chi connectivity index (χ2n) is 4.29. The molecule has 0 aliphatic carbocycles. The SMILES string of the molecule is CC(C)Sc1nnc(-c2c[nH]c3ccccc23)o1. The summed E-state index contributed by atoms with van der Waals surface area (Å²) in [5, 5.41) is 10.3. The van der Waals surface area contributed by atoms with Crippen molar-refractivity contribution in [2.45, 2.75) is 24.3 Å². The molecule has 0 saturated carbocycles. The van der Waals surface area contributed by atoms with Crippen molar-refractivity contribution >= 4 is 22.7 Å². The highest BCUT2D eigenvalue weighted by molar-refractivity contribution is 7.99. The molecule has 0 aliphatic rings. The van der Waals surface area contributed by atoms with Crippen molar-refractivity contribution in [3.63, 3.8) is 0 Å². The monoisotopic (exact) mass is 259 g/mol. The summed E-state index contributed by atoms with van der Waals surface area (Å²) in [6.07, 6.45) is 1.90. The number of hydrogen-bond acceptors (Lipinski definition) is 4. The molecule has 1 aromatic carbocycles. The molecular formula is C13H13N3OS. The maximum absolute atomic E-state index is 5.67. The first kappa shape index (κ1) is 11.3. The van der Waals surface area contributed by atoms with E-state index in [9.17, 15) is 0 Å². The number of H-pyrrole nitrogens is 1. The van der Waals surface area contributed by atoms with E-state index in [0.29, 0.717) is 16.4 Å². The number of hydrogen-bond donors (Lipinski definition) is 1. The molecule has 1 N–H and O–H groups in total.